The van der Waals surface area contributed by atoms with Crippen LogP contribution in [0.3, 0.4) is 0 Å². The van der Waals surface area contributed by atoms with Crippen LogP contribution in [-0.2, 0) is 27.7 Å². The fraction of sp³-hybridized carbons (Fsp3) is 0.433. The number of fused-ring (bicyclic) bond motifs is 1. The van der Waals surface area contributed by atoms with Crippen molar-refractivity contribution in [2.45, 2.75) is 61.8 Å². The second-order valence-corrected chi connectivity index (χ2v) is 15.3. The molecule has 3 N–H and O–H groups in total. The van der Waals surface area contributed by atoms with E-state index in [-0.39, 0.29) is 22.8 Å². The van der Waals surface area contributed by atoms with Crippen molar-refractivity contribution in [1.82, 2.24) is 9.62 Å². The van der Waals surface area contributed by atoms with E-state index < -0.39 is 28.0 Å². The molecule has 0 saturated carbocycles. The van der Waals surface area contributed by atoms with Gasteiger partial charge in [0, 0.05) is 31.2 Å². The van der Waals surface area contributed by atoms with E-state index in [1.807, 2.05) is 0 Å². The number of nitrogens with one attached hydrogen (secondary N) is 1. The number of carbonyl (C=O) groups is 1. The molecule has 1 aliphatic carbocycles. The Bertz CT molecular complexity index is 1450. The predicted octanol–water partition coefficient (Wildman–Crippen LogP) is 5.41. The minimum absolute atomic E-state index is 0.0629. The van der Waals surface area contributed by atoms with Gasteiger partial charge in [0.1, 0.15) is 8.55 Å². The molecule has 2 atom stereocenters. The van der Waals surface area contributed by atoms with E-state index in [9.17, 15) is 23.4 Å². The van der Waals surface area contributed by atoms with Gasteiger partial charge in [0.15, 0.2) is 0 Å². The molecule has 0 saturated heterocycles. The highest BCUT2D eigenvalue weighted by atomic mass is 35.5. The Morgan fingerprint density at radius 1 is 1.15 bits per heavy atom. The van der Waals surface area contributed by atoms with E-state index >= 15 is 0 Å². The Balaban J connectivity index is 1.36. The number of nitrogens with zero attached hydrogens (tertiary/aromatic N) is 1. The number of hydrogen-bond acceptors (Lipinski definition) is 6. The summed E-state index contributed by atoms with van der Waals surface area (Å²) in [5.41, 5.74) is 4.38. The minimum Gasteiger partial charge on any atom is -0.481 e. The molecule has 7 nitrogen and oxygen atoms in total. The Morgan fingerprint density at radius 2 is 1.80 bits per heavy atom. The summed E-state index contributed by atoms with van der Waals surface area (Å²) >= 11 is 7.39. The highest BCUT2D eigenvalue weighted by Gasteiger charge is 2.30. The Labute approximate surface area is 245 Å². The summed E-state index contributed by atoms with van der Waals surface area (Å²) in [6.45, 7) is 6.01. The largest absolute Gasteiger partial charge is 0.481 e. The summed E-state index contributed by atoms with van der Waals surface area (Å²) in [6.07, 6.45) is 2.16. The number of halogens is 1. The number of β-amino-alcohol motifs (C(OH)–C–C–N with tert-alkyl or cyclic N) is 1. The van der Waals surface area contributed by atoms with Gasteiger partial charge in [-0.1, -0.05) is 60.1 Å². The van der Waals surface area contributed by atoms with Gasteiger partial charge in [-0.2, -0.15) is 4.31 Å². The average Bonchev–Trinajstić information content (AvgIpc) is 3.49. The topological polar surface area (TPSA) is 107 Å². The first kappa shape index (κ1) is 30.7. The number of aliphatic hydroxyl groups is 1. The molecule has 2 aromatic carbocycles. The maximum Gasteiger partial charge on any atom is 0.310 e. The van der Waals surface area contributed by atoms with Crippen molar-refractivity contribution in [3.63, 3.8) is 0 Å². The number of likely N-dealkylation sites (N-methyl/N-ethyl adjacent to an activating group) is 1. The number of rotatable bonds is 12. The van der Waals surface area contributed by atoms with Gasteiger partial charge in [-0.3, -0.25) is 4.79 Å². The molecule has 4 rings (SSSR count). The van der Waals surface area contributed by atoms with Gasteiger partial charge in [-0.15, -0.1) is 11.3 Å². The quantitative estimate of drug-likeness (QED) is 0.255. The number of thiophene rings is 1. The van der Waals surface area contributed by atoms with Crippen molar-refractivity contribution < 1.29 is 23.4 Å². The first-order chi connectivity index (χ1) is 18.8. The van der Waals surface area contributed by atoms with Gasteiger partial charge < -0.3 is 15.5 Å². The summed E-state index contributed by atoms with van der Waals surface area (Å²) in [6, 6.07) is 17.0. The molecular weight excluding hydrogens is 568 g/mol. The van der Waals surface area contributed by atoms with Crippen LogP contribution in [0.4, 0.5) is 0 Å². The monoisotopic (exact) mass is 604 g/mol. The Morgan fingerprint density at radius 3 is 2.42 bits per heavy atom. The third-order valence-electron chi connectivity index (χ3n) is 7.62. The van der Waals surface area contributed by atoms with E-state index in [4.69, 9.17) is 11.6 Å². The van der Waals surface area contributed by atoms with Crippen LogP contribution in [0.5, 0.6) is 0 Å². The molecule has 2 unspecified atom stereocenters. The number of carboxylic acid groups (broad SMARTS) is 1. The number of benzene rings is 2. The minimum atomic E-state index is -3.90. The zero-order valence-corrected chi connectivity index (χ0v) is 25.6. The molecule has 0 amide bonds. The van der Waals surface area contributed by atoms with Gasteiger partial charge in [-0.05, 0) is 74.3 Å². The van der Waals surface area contributed by atoms with Crippen LogP contribution in [0.25, 0.3) is 11.1 Å². The molecule has 10 heteroatoms. The standard InChI is InChI=1S/C30H37ClN2O5S2/c1-19(29(35)36)21-10-7-11-24(14-21)26-15-27(39-28(26)31)40(37,38)33(4)18-25(34)17-32-30(2,3)16-20-12-22-8-5-6-9-23(22)13-20/h5-11,14-15,19-20,25,32,34H,12-13,16-18H2,1-4H3,(H,35,36). The van der Waals surface area contributed by atoms with Gasteiger partial charge in [0.2, 0.25) is 0 Å². The number of aliphatic hydroxyl groups excluding tert-OH is 1. The van der Waals surface area contributed by atoms with Crippen LogP contribution in [0.2, 0.25) is 4.34 Å². The summed E-state index contributed by atoms with van der Waals surface area (Å²) in [5.74, 6) is -1.12. The maximum atomic E-state index is 13.3. The van der Waals surface area contributed by atoms with E-state index in [1.165, 1.54) is 24.2 Å². The van der Waals surface area contributed by atoms with Crippen LogP contribution < -0.4 is 5.32 Å². The number of carboxylic acids is 1. The van der Waals surface area contributed by atoms with Crippen LogP contribution in [-0.4, -0.2) is 60.7 Å². The van der Waals surface area contributed by atoms with Crippen molar-refractivity contribution in [2.75, 3.05) is 20.1 Å². The fourth-order valence-corrected chi connectivity index (χ4v) is 8.57. The van der Waals surface area contributed by atoms with Crippen molar-refractivity contribution in [3.05, 3.63) is 75.6 Å². The molecule has 1 aliphatic rings. The molecular formula is C30H37ClN2O5S2. The SMILES string of the molecule is CC(C(=O)O)c1cccc(-c2cc(S(=O)(=O)N(C)CC(O)CNC(C)(C)CC3Cc4ccccc4C3)sc2Cl)c1. The third-order valence-corrected chi connectivity index (χ3v) is 11.2. The molecule has 0 bridgehead atoms. The summed E-state index contributed by atoms with van der Waals surface area (Å²) < 4.78 is 28.2. The molecule has 0 aliphatic heterocycles. The molecule has 0 spiro atoms. The van der Waals surface area contributed by atoms with Crippen molar-refractivity contribution >= 4 is 38.9 Å². The summed E-state index contributed by atoms with van der Waals surface area (Å²) in [7, 11) is -2.45. The lowest BCUT2D eigenvalue weighted by atomic mass is 9.88. The van der Waals surface area contributed by atoms with Crippen LogP contribution in [0.1, 0.15) is 49.8 Å². The second-order valence-electron chi connectivity index (χ2n) is 11.4. The summed E-state index contributed by atoms with van der Waals surface area (Å²) in [4.78, 5) is 11.4. The molecule has 0 radical (unpaired) electrons. The number of aliphatic carboxylic acids is 1. The molecule has 0 fully saturated rings. The zero-order chi connectivity index (χ0) is 29.2. The highest BCUT2D eigenvalue weighted by molar-refractivity contribution is 7.91. The van der Waals surface area contributed by atoms with E-state index in [0.29, 0.717) is 26.9 Å². The van der Waals surface area contributed by atoms with E-state index in [1.54, 1.807) is 31.2 Å². The van der Waals surface area contributed by atoms with Crippen LogP contribution in [0, 0.1) is 5.92 Å². The van der Waals surface area contributed by atoms with Crippen molar-refractivity contribution in [1.29, 1.82) is 0 Å². The smallest absolute Gasteiger partial charge is 0.310 e. The van der Waals surface area contributed by atoms with Crippen LogP contribution in [0.15, 0.2) is 58.8 Å². The predicted molar refractivity (Wildman–Crippen MR) is 161 cm³/mol. The molecule has 1 aromatic heterocycles. The van der Waals surface area contributed by atoms with Crippen molar-refractivity contribution in [3.8, 4) is 11.1 Å². The first-order valence-corrected chi connectivity index (χ1v) is 16.0. The fourth-order valence-electron chi connectivity index (χ4n) is 5.38. The van der Waals surface area contributed by atoms with E-state index in [2.05, 4.69) is 43.4 Å². The highest BCUT2D eigenvalue weighted by Crippen LogP contribution is 2.39. The van der Waals surface area contributed by atoms with Gasteiger partial charge >= 0.3 is 5.97 Å². The lowest BCUT2D eigenvalue weighted by Gasteiger charge is -2.31. The third kappa shape index (κ3) is 7.13. The van der Waals surface area contributed by atoms with Gasteiger partial charge in [-0.25, -0.2) is 8.42 Å². The number of hydrogen-bond donors (Lipinski definition) is 3. The first-order valence-electron chi connectivity index (χ1n) is 13.4. The molecule has 216 valence electrons. The van der Waals surface area contributed by atoms with E-state index in [0.717, 1.165) is 34.9 Å². The Kier molecular flexibility index (Phi) is 9.44. The summed E-state index contributed by atoms with van der Waals surface area (Å²) in [5, 5.41) is 23.5. The zero-order valence-electron chi connectivity index (χ0n) is 23.2. The average molecular weight is 605 g/mol. The van der Waals surface area contributed by atoms with Gasteiger partial charge in [0.25, 0.3) is 10.0 Å². The maximum absolute atomic E-state index is 13.3. The lowest BCUT2D eigenvalue weighted by molar-refractivity contribution is -0.138. The molecule has 1 heterocycles. The lowest BCUT2D eigenvalue weighted by Crippen LogP contribution is -2.47. The molecule has 3 aromatic rings. The second kappa shape index (κ2) is 12.3. The van der Waals surface area contributed by atoms with Gasteiger partial charge in [0.05, 0.1) is 12.0 Å². The van der Waals surface area contributed by atoms with Crippen LogP contribution >= 0.6 is 22.9 Å². The number of sulfonamides is 1. The molecule has 40 heavy (non-hydrogen) atoms. The van der Waals surface area contributed by atoms with Crippen molar-refractivity contribution in [2.24, 2.45) is 5.92 Å². The normalized spacial score (nSPS) is 15.8. The Hall–Kier alpha value is -2.27.